The fraction of sp³-hybridized carbons (Fsp3) is 0.357. The molecule has 0 radical (unpaired) electrons. The Balaban J connectivity index is 1.69. The topological polar surface area (TPSA) is 63.1 Å². The molecule has 1 fully saturated rings. The molecular weight excluding hydrogens is 334 g/mol. The Hall–Kier alpha value is -1.73. The maximum atomic E-state index is 12.4. The van der Waals surface area contributed by atoms with Gasteiger partial charge in [0, 0.05) is 31.2 Å². The van der Waals surface area contributed by atoms with E-state index in [-0.39, 0.29) is 5.91 Å². The molecule has 21 heavy (non-hydrogen) atoms. The van der Waals surface area contributed by atoms with Gasteiger partial charge in [-0.2, -0.15) is 0 Å². The second-order valence-corrected chi connectivity index (χ2v) is 6.00. The number of rotatable bonds is 4. The Morgan fingerprint density at radius 3 is 2.90 bits per heavy atom. The normalized spacial score (nSPS) is 14.8. The summed E-state index contributed by atoms with van der Waals surface area (Å²) in [6.45, 7) is 2.28. The zero-order chi connectivity index (χ0) is 14.8. The minimum absolute atomic E-state index is 0.121. The zero-order valence-electron chi connectivity index (χ0n) is 11.7. The van der Waals surface area contributed by atoms with Gasteiger partial charge in [-0.3, -0.25) is 4.79 Å². The van der Waals surface area contributed by atoms with Crippen molar-refractivity contribution in [3.05, 3.63) is 46.2 Å². The van der Waals surface area contributed by atoms with E-state index >= 15 is 0 Å². The Morgan fingerprint density at radius 1 is 1.48 bits per heavy atom. The lowest BCUT2D eigenvalue weighted by atomic mass is 10.2. The molecule has 1 amide bonds. The van der Waals surface area contributed by atoms with Crippen molar-refractivity contribution in [1.29, 1.82) is 0 Å². The smallest absolute Gasteiger partial charge is 0.276 e. The van der Waals surface area contributed by atoms with Crippen LogP contribution in [0.3, 0.4) is 0 Å². The minimum Gasteiger partial charge on any atom is -0.336 e. The summed E-state index contributed by atoms with van der Waals surface area (Å²) in [4.78, 5) is 14.0. The van der Waals surface area contributed by atoms with Crippen molar-refractivity contribution in [2.24, 2.45) is 0 Å². The van der Waals surface area contributed by atoms with Gasteiger partial charge in [-0.15, -0.1) is 5.10 Å². The number of amides is 1. The van der Waals surface area contributed by atoms with Gasteiger partial charge in [-0.25, -0.2) is 4.68 Å². The van der Waals surface area contributed by atoms with Gasteiger partial charge in [0.15, 0.2) is 5.69 Å². The zero-order valence-corrected chi connectivity index (χ0v) is 13.2. The molecule has 0 spiro atoms. The van der Waals surface area contributed by atoms with Crippen LogP contribution in [-0.4, -0.2) is 45.9 Å². The summed E-state index contributed by atoms with van der Waals surface area (Å²) in [7, 11) is 1.77. The highest BCUT2D eigenvalue weighted by Crippen LogP contribution is 2.18. The number of halogens is 1. The molecule has 0 bridgehead atoms. The van der Waals surface area contributed by atoms with Crippen molar-refractivity contribution in [2.45, 2.75) is 12.6 Å². The Bertz CT molecular complexity index is 652. The average molecular weight is 350 g/mol. The summed E-state index contributed by atoms with van der Waals surface area (Å²) < 4.78 is 2.75. The standard InChI is InChI=1S/C14H16BrN5O/c1-19(8-10-4-2-3-5-12(10)15)14(21)13-9-20(18-17-13)11-6-16-7-11/h2-5,9,11,16H,6-8H2,1H3. The van der Waals surface area contributed by atoms with Crippen molar-refractivity contribution in [1.82, 2.24) is 25.2 Å². The van der Waals surface area contributed by atoms with Crippen LogP contribution in [0.1, 0.15) is 22.1 Å². The quantitative estimate of drug-likeness (QED) is 0.907. The Kier molecular flexibility index (Phi) is 4.03. The molecule has 6 nitrogen and oxygen atoms in total. The highest BCUT2D eigenvalue weighted by molar-refractivity contribution is 9.10. The van der Waals surface area contributed by atoms with Crippen LogP contribution < -0.4 is 5.32 Å². The number of benzene rings is 1. The summed E-state index contributed by atoms with van der Waals surface area (Å²) in [6, 6.07) is 8.18. The lowest BCUT2D eigenvalue weighted by Crippen LogP contribution is -2.43. The molecular formula is C14H16BrN5O. The monoisotopic (exact) mass is 349 g/mol. The van der Waals surface area contributed by atoms with Gasteiger partial charge < -0.3 is 10.2 Å². The van der Waals surface area contributed by atoms with Gasteiger partial charge in [0.2, 0.25) is 0 Å². The third kappa shape index (κ3) is 2.98. The molecule has 2 aromatic rings. The van der Waals surface area contributed by atoms with E-state index in [1.165, 1.54) is 0 Å². The number of carbonyl (C=O) groups is 1. The molecule has 1 saturated heterocycles. The van der Waals surface area contributed by atoms with Crippen LogP contribution >= 0.6 is 15.9 Å². The van der Waals surface area contributed by atoms with Gasteiger partial charge >= 0.3 is 0 Å². The van der Waals surface area contributed by atoms with Crippen molar-refractivity contribution in [3.63, 3.8) is 0 Å². The number of carbonyl (C=O) groups excluding carboxylic acids is 1. The van der Waals surface area contributed by atoms with E-state index in [0.717, 1.165) is 23.1 Å². The molecule has 1 aliphatic heterocycles. The molecule has 1 aromatic carbocycles. The summed E-state index contributed by atoms with van der Waals surface area (Å²) in [5.74, 6) is -0.121. The van der Waals surface area contributed by atoms with E-state index in [9.17, 15) is 4.79 Å². The molecule has 0 atom stereocenters. The van der Waals surface area contributed by atoms with Gasteiger partial charge in [-0.05, 0) is 11.6 Å². The van der Waals surface area contributed by atoms with E-state index < -0.39 is 0 Å². The second-order valence-electron chi connectivity index (χ2n) is 5.15. The van der Waals surface area contributed by atoms with Crippen LogP contribution in [-0.2, 0) is 6.54 Å². The van der Waals surface area contributed by atoms with Gasteiger partial charge in [0.05, 0.1) is 12.2 Å². The van der Waals surface area contributed by atoms with E-state index in [2.05, 4.69) is 31.6 Å². The van der Waals surface area contributed by atoms with E-state index in [1.807, 2.05) is 24.3 Å². The molecule has 1 aliphatic rings. The van der Waals surface area contributed by atoms with Crippen molar-refractivity contribution in [3.8, 4) is 0 Å². The maximum Gasteiger partial charge on any atom is 0.276 e. The summed E-state index contributed by atoms with van der Waals surface area (Å²) >= 11 is 3.49. The molecule has 3 rings (SSSR count). The van der Waals surface area contributed by atoms with Crippen LogP contribution in [0.15, 0.2) is 34.9 Å². The van der Waals surface area contributed by atoms with E-state index in [4.69, 9.17) is 0 Å². The van der Waals surface area contributed by atoms with Gasteiger partial charge in [0.1, 0.15) is 0 Å². The highest BCUT2D eigenvalue weighted by Gasteiger charge is 2.23. The highest BCUT2D eigenvalue weighted by atomic mass is 79.9. The summed E-state index contributed by atoms with van der Waals surface area (Å²) in [6.07, 6.45) is 1.73. The first-order valence-electron chi connectivity index (χ1n) is 6.76. The minimum atomic E-state index is -0.121. The van der Waals surface area contributed by atoms with Crippen LogP contribution in [0.2, 0.25) is 0 Å². The maximum absolute atomic E-state index is 12.4. The molecule has 0 unspecified atom stereocenters. The average Bonchev–Trinajstić information content (AvgIpc) is 2.87. The third-order valence-corrected chi connectivity index (χ3v) is 4.35. The van der Waals surface area contributed by atoms with Gasteiger partial charge in [-0.1, -0.05) is 39.3 Å². The Labute approximate surface area is 131 Å². The lowest BCUT2D eigenvalue weighted by Gasteiger charge is -2.26. The molecule has 0 saturated carbocycles. The number of nitrogens with zero attached hydrogens (tertiary/aromatic N) is 4. The number of hydrogen-bond acceptors (Lipinski definition) is 4. The van der Waals surface area contributed by atoms with E-state index in [0.29, 0.717) is 18.3 Å². The Morgan fingerprint density at radius 2 is 2.24 bits per heavy atom. The van der Waals surface area contributed by atoms with Crippen LogP contribution in [0.4, 0.5) is 0 Å². The largest absolute Gasteiger partial charge is 0.336 e. The first kappa shape index (κ1) is 14.2. The van der Waals surface area contributed by atoms with Crippen LogP contribution in [0.25, 0.3) is 0 Å². The van der Waals surface area contributed by atoms with Crippen LogP contribution in [0, 0.1) is 0 Å². The summed E-state index contributed by atoms with van der Waals surface area (Å²) in [5, 5.41) is 11.2. The van der Waals surface area contributed by atoms with Crippen molar-refractivity contribution < 1.29 is 4.79 Å². The molecule has 110 valence electrons. The lowest BCUT2D eigenvalue weighted by molar-refractivity contribution is 0.0779. The first-order valence-corrected chi connectivity index (χ1v) is 7.56. The summed E-state index contributed by atoms with van der Waals surface area (Å²) in [5.41, 5.74) is 1.44. The second kappa shape index (κ2) is 5.95. The fourth-order valence-corrected chi connectivity index (χ4v) is 2.57. The van der Waals surface area contributed by atoms with Gasteiger partial charge in [0.25, 0.3) is 5.91 Å². The van der Waals surface area contributed by atoms with E-state index in [1.54, 1.807) is 22.8 Å². The molecule has 1 N–H and O–H groups in total. The third-order valence-electron chi connectivity index (χ3n) is 3.58. The number of aromatic nitrogens is 3. The fourth-order valence-electron chi connectivity index (χ4n) is 2.16. The molecule has 7 heteroatoms. The number of nitrogens with one attached hydrogen (secondary N) is 1. The predicted molar refractivity (Wildman–Crippen MR) is 81.9 cm³/mol. The first-order chi connectivity index (χ1) is 10.1. The number of hydrogen-bond donors (Lipinski definition) is 1. The predicted octanol–water partition coefficient (Wildman–Crippen LogP) is 1.46. The molecule has 2 heterocycles. The SMILES string of the molecule is CN(Cc1ccccc1Br)C(=O)c1cn(C2CNC2)nn1. The molecule has 0 aliphatic carbocycles. The van der Waals surface area contributed by atoms with Crippen molar-refractivity contribution in [2.75, 3.05) is 20.1 Å². The molecule has 1 aromatic heterocycles. The van der Waals surface area contributed by atoms with Crippen molar-refractivity contribution >= 4 is 21.8 Å². The van der Waals surface area contributed by atoms with Crippen LogP contribution in [0.5, 0.6) is 0 Å².